The second-order valence-corrected chi connectivity index (χ2v) is 2.51. The third kappa shape index (κ3) is 0.832. The van der Waals surface area contributed by atoms with Crippen LogP contribution in [0.1, 0.15) is 5.56 Å². The zero-order chi connectivity index (χ0) is 7.84. The summed E-state index contributed by atoms with van der Waals surface area (Å²) in [5, 5.41) is 17.0. The molecule has 1 N–H and O–H groups in total. The fourth-order valence-corrected chi connectivity index (χ4v) is 1.06. The number of aromatic nitrogens is 3. The summed E-state index contributed by atoms with van der Waals surface area (Å²) < 4.78 is 0. The van der Waals surface area contributed by atoms with Crippen LogP contribution in [0.5, 0.6) is 0 Å². The lowest BCUT2D eigenvalue weighted by molar-refractivity contribution is -0.644. The lowest BCUT2D eigenvalue weighted by Gasteiger charge is -1.91. The second-order valence-electron chi connectivity index (χ2n) is 2.51. The molecule has 2 rings (SSSR count). The van der Waals surface area contributed by atoms with Crippen LogP contribution in [0.4, 0.5) is 0 Å². The molecule has 0 amide bonds. The fourth-order valence-electron chi connectivity index (χ4n) is 1.06. The van der Waals surface area contributed by atoms with Crippen LogP contribution in [0.3, 0.4) is 0 Å². The van der Waals surface area contributed by atoms with Gasteiger partial charge in [0.05, 0.1) is 5.21 Å². The molecule has 0 saturated carbocycles. The Labute approximate surface area is 63.0 Å². The number of H-pyrrole nitrogens is 1. The Kier molecular flexibility index (Phi) is 1.09. The van der Waals surface area contributed by atoms with Gasteiger partial charge in [-0.1, -0.05) is 6.07 Å². The van der Waals surface area contributed by atoms with Gasteiger partial charge in [-0.05, 0) is 24.6 Å². The number of aromatic amines is 1. The number of hydrogen-bond acceptors (Lipinski definition) is 2. The Morgan fingerprint density at radius 3 is 3.18 bits per heavy atom. The van der Waals surface area contributed by atoms with Gasteiger partial charge in [-0.25, -0.2) is 0 Å². The van der Waals surface area contributed by atoms with Crippen LogP contribution in [0.2, 0.25) is 0 Å². The van der Waals surface area contributed by atoms with Gasteiger partial charge in [0.2, 0.25) is 5.52 Å². The van der Waals surface area contributed by atoms with Crippen LogP contribution in [0, 0.1) is 12.1 Å². The van der Waals surface area contributed by atoms with Crippen molar-refractivity contribution in [3.63, 3.8) is 0 Å². The van der Waals surface area contributed by atoms with Gasteiger partial charge in [-0.2, -0.15) is 0 Å². The van der Waals surface area contributed by atoms with E-state index >= 15 is 0 Å². The minimum atomic E-state index is 0.578. The summed E-state index contributed by atoms with van der Waals surface area (Å²) in [5.41, 5.74) is 2.47. The largest absolute Gasteiger partial charge is 0.691 e. The molecule has 0 aliphatic rings. The highest BCUT2D eigenvalue weighted by molar-refractivity contribution is 5.71. The lowest BCUT2D eigenvalue weighted by atomic mass is 10.2. The molecule has 0 bridgehead atoms. The molecule has 2 aromatic rings. The van der Waals surface area contributed by atoms with Crippen molar-refractivity contribution in [2.75, 3.05) is 0 Å². The predicted octanol–water partition coefficient (Wildman–Crippen LogP) is 0.505. The molecule has 0 fully saturated rings. The molecule has 0 atom stereocenters. The normalized spacial score (nSPS) is 10.6. The van der Waals surface area contributed by atoms with Crippen molar-refractivity contribution in [1.29, 1.82) is 0 Å². The van der Waals surface area contributed by atoms with Gasteiger partial charge in [0.15, 0.2) is 5.52 Å². The zero-order valence-electron chi connectivity index (χ0n) is 6.03. The maximum Gasteiger partial charge on any atom is 0.202 e. The Hall–Kier alpha value is -1.58. The summed E-state index contributed by atoms with van der Waals surface area (Å²) >= 11 is 0. The molecule has 0 saturated heterocycles. The first-order valence-corrected chi connectivity index (χ1v) is 3.32. The van der Waals surface area contributed by atoms with Gasteiger partial charge in [0.1, 0.15) is 0 Å². The molecule has 1 heterocycles. The highest BCUT2D eigenvalue weighted by atomic mass is 16.5. The van der Waals surface area contributed by atoms with Gasteiger partial charge in [-0.15, -0.1) is 9.94 Å². The smallest absolute Gasteiger partial charge is 0.202 e. The van der Waals surface area contributed by atoms with Gasteiger partial charge in [0, 0.05) is 0 Å². The average Bonchev–Trinajstić information content (AvgIpc) is 2.32. The quantitative estimate of drug-likeness (QED) is 0.438. The van der Waals surface area contributed by atoms with E-state index < -0.39 is 0 Å². The number of nitrogens with zero attached hydrogens (tertiary/aromatic N) is 2. The second kappa shape index (κ2) is 1.95. The first-order valence-electron chi connectivity index (χ1n) is 3.32. The van der Waals surface area contributed by atoms with E-state index in [9.17, 15) is 5.21 Å². The molecule has 1 aromatic heterocycles. The van der Waals surface area contributed by atoms with Gasteiger partial charge >= 0.3 is 0 Å². The van der Waals surface area contributed by atoms with Gasteiger partial charge < -0.3 is 5.21 Å². The maximum absolute atomic E-state index is 10.9. The topological polar surface area (TPSA) is 55.6 Å². The van der Waals surface area contributed by atoms with Crippen LogP contribution < -0.4 is 4.85 Å². The standard InChI is InChI=1S/C7H7N3O/c1-5-2-3-7-6(4-5)8-9-10(7)11/h2-4,8H,1H3. The highest BCUT2D eigenvalue weighted by Gasteiger charge is 2.03. The number of aryl methyl sites for hydroxylation is 1. The highest BCUT2D eigenvalue weighted by Crippen LogP contribution is 2.07. The summed E-state index contributed by atoms with van der Waals surface area (Å²) in [6, 6.07) is 5.52. The fraction of sp³-hybridized carbons (Fsp3) is 0.143. The minimum Gasteiger partial charge on any atom is -0.691 e. The first kappa shape index (κ1) is 6.15. The molecule has 1 aromatic carbocycles. The number of rotatable bonds is 0. The van der Waals surface area contributed by atoms with Crippen molar-refractivity contribution < 1.29 is 4.85 Å². The van der Waals surface area contributed by atoms with E-state index in [-0.39, 0.29) is 0 Å². The summed E-state index contributed by atoms with van der Waals surface area (Å²) in [6.45, 7) is 1.97. The predicted molar refractivity (Wildman–Crippen MR) is 39.8 cm³/mol. The first-order chi connectivity index (χ1) is 5.27. The molecule has 0 radical (unpaired) electrons. The molecule has 0 spiro atoms. The Balaban J connectivity index is 2.86. The van der Waals surface area contributed by atoms with Crippen molar-refractivity contribution in [3.05, 3.63) is 29.0 Å². The van der Waals surface area contributed by atoms with Crippen molar-refractivity contribution in [3.8, 4) is 0 Å². The third-order valence-electron chi connectivity index (χ3n) is 1.62. The van der Waals surface area contributed by atoms with Crippen LogP contribution >= 0.6 is 0 Å². The molecule has 56 valence electrons. The number of benzene rings is 1. The Morgan fingerprint density at radius 2 is 2.36 bits per heavy atom. The van der Waals surface area contributed by atoms with E-state index in [4.69, 9.17) is 0 Å². The molecule has 4 heteroatoms. The lowest BCUT2D eigenvalue weighted by Crippen LogP contribution is -2.27. The monoisotopic (exact) mass is 149 g/mol. The molecule has 0 aliphatic heterocycles. The van der Waals surface area contributed by atoms with Crippen molar-refractivity contribution in [2.24, 2.45) is 0 Å². The van der Waals surface area contributed by atoms with Crippen molar-refractivity contribution >= 4 is 11.0 Å². The van der Waals surface area contributed by atoms with E-state index in [0.717, 1.165) is 11.1 Å². The summed E-state index contributed by atoms with van der Waals surface area (Å²) in [5.74, 6) is 0. The Morgan fingerprint density at radius 1 is 1.55 bits per heavy atom. The van der Waals surface area contributed by atoms with Crippen molar-refractivity contribution in [2.45, 2.75) is 6.92 Å². The molecule has 4 nitrogen and oxygen atoms in total. The summed E-state index contributed by atoms with van der Waals surface area (Å²) in [7, 11) is 0. The zero-order valence-corrected chi connectivity index (χ0v) is 6.03. The SMILES string of the molecule is Cc1ccc2c(c1)[nH]n[n+]2[O-]. The van der Waals surface area contributed by atoms with E-state index in [2.05, 4.69) is 10.3 Å². The van der Waals surface area contributed by atoms with E-state index in [1.54, 1.807) is 6.07 Å². The summed E-state index contributed by atoms with van der Waals surface area (Å²) in [6.07, 6.45) is 0. The molecular formula is C7H7N3O. The maximum atomic E-state index is 10.9. The average molecular weight is 149 g/mol. The molecule has 11 heavy (non-hydrogen) atoms. The number of fused-ring (bicyclic) bond motifs is 1. The minimum absolute atomic E-state index is 0.578. The van der Waals surface area contributed by atoms with E-state index in [1.165, 1.54) is 0 Å². The molecule has 0 aliphatic carbocycles. The molecular weight excluding hydrogens is 142 g/mol. The van der Waals surface area contributed by atoms with Crippen molar-refractivity contribution in [1.82, 2.24) is 10.3 Å². The number of hydrogen-bond donors (Lipinski definition) is 1. The number of nitrogens with one attached hydrogen (secondary N) is 1. The van der Waals surface area contributed by atoms with E-state index in [1.807, 2.05) is 19.1 Å². The van der Waals surface area contributed by atoms with Crippen LogP contribution in [0.15, 0.2) is 18.2 Å². The van der Waals surface area contributed by atoms with E-state index in [0.29, 0.717) is 10.4 Å². The molecule has 0 unspecified atom stereocenters. The van der Waals surface area contributed by atoms with Crippen LogP contribution in [-0.4, -0.2) is 10.3 Å². The van der Waals surface area contributed by atoms with Crippen LogP contribution in [-0.2, 0) is 0 Å². The summed E-state index contributed by atoms with van der Waals surface area (Å²) in [4.78, 5) is 0.578. The van der Waals surface area contributed by atoms with Gasteiger partial charge in [-0.3, -0.25) is 0 Å². The Bertz CT molecular complexity index is 393. The van der Waals surface area contributed by atoms with Gasteiger partial charge in [0.25, 0.3) is 0 Å². The third-order valence-corrected chi connectivity index (χ3v) is 1.62. The van der Waals surface area contributed by atoms with Crippen LogP contribution in [0.25, 0.3) is 11.0 Å².